The minimum absolute atomic E-state index is 0.0711. The van der Waals surface area contributed by atoms with Crippen LogP contribution in [0.5, 0.6) is 0 Å². The Labute approximate surface area is 131 Å². The van der Waals surface area contributed by atoms with Crippen molar-refractivity contribution in [3.8, 4) is 0 Å². The molecule has 22 heavy (non-hydrogen) atoms. The van der Waals surface area contributed by atoms with Crippen molar-refractivity contribution in [2.24, 2.45) is 0 Å². The topological polar surface area (TPSA) is 72.2 Å². The van der Waals surface area contributed by atoms with Crippen molar-refractivity contribution in [3.63, 3.8) is 0 Å². The Morgan fingerprint density at radius 2 is 2.36 bits per heavy atom. The molecule has 0 aliphatic heterocycles. The van der Waals surface area contributed by atoms with Crippen LogP contribution in [0.4, 0.5) is 0 Å². The number of aryl methyl sites for hydroxylation is 1. The van der Waals surface area contributed by atoms with Gasteiger partial charge in [0.05, 0.1) is 0 Å². The van der Waals surface area contributed by atoms with E-state index in [0.29, 0.717) is 12.3 Å². The number of nitrogens with one attached hydrogen (secondary N) is 1. The zero-order valence-electron chi connectivity index (χ0n) is 11.8. The lowest BCUT2D eigenvalue weighted by molar-refractivity contribution is -0.116. The average molecular weight is 313 g/mol. The summed E-state index contributed by atoms with van der Waals surface area (Å²) in [6.45, 7) is 0.628. The molecule has 0 bridgehead atoms. The average Bonchev–Trinajstić information content (AvgIpc) is 3.20. The fourth-order valence-electron chi connectivity index (χ4n) is 1.99. The first-order valence-corrected chi connectivity index (χ1v) is 7.83. The van der Waals surface area contributed by atoms with Gasteiger partial charge in [-0.15, -0.1) is 11.3 Å². The number of carbonyl (C=O) groups excluding carboxylic acids is 1. The van der Waals surface area contributed by atoms with Crippen molar-refractivity contribution in [1.29, 1.82) is 0 Å². The van der Waals surface area contributed by atoms with Crippen molar-refractivity contribution in [1.82, 2.24) is 24.9 Å². The van der Waals surface area contributed by atoms with Gasteiger partial charge >= 0.3 is 0 Å². The van der Waals surface area contributed by atoms with Gasteiger partial charge in [0.2, 0.25) is 5.91 Å². The van der Waals surface area contributed by atoms with E-state index in [2.05, 4.69) is 20.4 Å². The van der Waals surface area contributed by atoms with Crippen LogP contribution in [0.2, 0.25) is 0 Å². The van der Waals surface area contributed by atoms with E-state index in [1.54, 1.807) is 28.1 Å². The summed E-state index contributed by atoms with van der Waals surface area (Å²) in [6, 6.07) is 3.93. The Hall–Kier alpha value is -2.54. The molecule has 0 atom stereocenters. The van der Waals surface area contributed by atoms with Crippen LogP contribution in [-0.4, -0.2) is 32.0 Å². The number of carbonyl (C=O) groups is 1. The number of hydrogen-bond acceptors (Lipinski definition) is 5. The van der Waals surface area contributed by atoms with E-state index in [4.69, 9.17) is 0 Å². The molecule has 3 aromatic heterocycles. The molecule has 0 aromatic carbocycles. The van der Waals surface area contributed by atoms with Crippen molar-refractivity contribution in [2.75, 3.05) is 6.54 Å². The molecule has 0 radical (unpaired) electrons. The first kappa shape index (κ1) is 14.4. The summed E-state index contributed by atoms with van der Waals surface area (Å²) in [5.74, 6) is 0.522. The van der Waals surface area contributed by atoms with E-state index in [9.17, 15) is 4.79 Å². The number of hydrogen-bond donors (Lipinski definition) is 1. The second-order valence-electron chi connectivity index (χ2n) is 4.71. The summed E-state index contributed by atoms with van der Waals surface area (Å²) in [5.41, 5.74) is 1.07. The van der Waals surface area contributed by atoms with E-state index in [0.717, 1.165) is 23.3 Å². The fourth-order valence-corrected chi connectivity index (χ4v) is 2.61. The number of thiophene rings is 1. The molecular weight excluding hydrogens is 298 g/mol. The van der Waals surface area contributed by atoms with Crippen LogP contribution >= 0.6 is 11.3 Å². The summed E-state index contributed by atoms with van der Waals surface area (Å²) in [7, 11) is 0. The molecule has 3 heterocycles. The molecule has 1 N–H and O–H groups in total. The van der Waals surface area contributed by atoms with E-state index >= 15 is 0 Å². The molecule has 0 saturated heterocycles. The van der Waals surface area contributed by atoms with Gasteiger partial charge < -0.3 is 5.32 Å². The van der Waals surface area contributed by atoms with Gasteiger partial charge in [-0.25, -0.2) is 9.50 Å². The van der Waals surface area contributed by atoms with Crippen LogP contribution in [0.25, 0.3) is 11.9 Å². The summed E-state index contributed by atoms with van der Waals surface area (Å²) in [4.78, 5) is 20.9. The van der Waals surface area contributed by atoms with E-state index in [1.165, 1.54) is 6.33 Å². The smallest absolute Gasteiger partial charge is 0.252 e. The molecule has 7 heteroatoms. The van der Waals surface area contributed by atoms with Gasteiger partial charge in [-0.2, -0.15) is 10.1 Å². The summed E-state index contributed by atoms with van der Waals surface area (Å²) in [5, 5.41) is 8.90. The van der Waals surface area contributed by atoms with Gasteiger partial charge in [0.15, 0.2) is 0 Å². The molecule has 3 rings (SSSR count). The third-order valence-electron chi connectivity index (χ3n) is 3.07. The lowest BCUT2D eigenvalue weighted by atomic mass is 10.2. The molecule has 0 aliphatic rings. The first-order chi connectivity index (χ1) is 10.8. The van der Waals surface area contributed by atoms with Gasteiger partial charge in [-0.05, 0) is 35.9 Å². The standard InChI is InChI=1S/C15H15N5OS/c21-14(6-5-13-4-2-8-22-13)16-7-1-3-12-9-17-15-18-11-19-20(15)10-12/h2,4-6,8-11H,1,3,7H2,(H,16,21)/b6-5+. The molecule has 3 aromatic rings. The molecule has 6 nitrogen and oxygen atoms in total. The van der Waals surface area contributed by atoms with Gasteiger partial charge in [0.1, 0.15) is 6.33 Å². The number of rotatable bonds is 6. The summed E-state index contributed by atoms with van der Waals surface area (Å²) >= 11 is 1.61. The Morgan fingerprint density at radius 3 is 3.23 bits per heavy atom. The van der Waals surface area contributed by atoms with E-state index in [1.807, 2.05) is 29.8 Å². The van der Waals surface area contributed by atoms with E-state index in [-0.39, 0.29) is 5.91 Å². The summed E-state index contributed by atoms with van der Waals surface area (Å²) < 4.78 is 1.65. The first-order valence-electron chi connectivity index (χ1n) is 6.95. The Bertz CT molecular complexity index is 778. The second kappa shape index (κ2) is 6.95. The lowest BCUT2D eigenvalue weighted by Crippen LogP contribution is -2.22. The van der Waals surface area contributed by atoms with Gasteiger partial charge in [0, 0.05) is 29.9 Å². The van der Waals surface area contributed by atoms with Crippen LogP contribution in [0, 0.1) is 0 Å². The Morgan fingerprint density at radius 1 is 1.41 bits per heavy atom. The maximum Gasteiger partial charge on any atom is 0.252 e. The highest BCUT2D eigenvalue weighted by Crippen LogP contribution is 2.09. The van der Waals surface area contributed by atoms with Crippen molar-refractivity contribution in [2.45, 2.75) is 12.8 Å². The van der Waals surface area contributed by atoms with Crippen LogP contribution < -0.4 is 5.32 Å². The zero-order valence-corrected chi connectivity index (χ0v) is 12.7. The highest BCUT2D eigenvalue weighted by atomic mass is 32.1. The lowest BCUT2D eigenvalue weighted by Gasteiger charge is -2.03. The monoisotopic (exact) mass is 313 g/mol. The zero-order chi connectivity index (χ0) is 15.2. The molecule has 0 fully saturated rings. The van der Waals surface area contributed by atoms with Crippen molar-refractivity contribution in [3.05, 3.63) is 52.8 Å². The quantitative estimate of drug-likeness (QED) is 0.558. The Balaban J connectivity index is 1.42. The molecule has 112 valence electrons. The number of amides is 1. The minimum Gasteiger partial charge on any atom is -0.353 e. The largest absolute Gasteiger partial charge is 0.353 e. The van der Waals surface area contributed by atoms with E-state index < -0.39 is 0 Å². The summed E-state index contributed by atoms with van der Waals surface area (Å²) in [6.07, 6.45) is 10.2. The van der Waals surface area contributed by atoms with Crippen LogP contribution in [0.15, 0.2) is 42.3 Å². The van der Waals surface area contributed by atoms with Gasteiger partial charge in [0.25, 0.3) is 5.78 Å². The fraction of sp³-hybridized carbons (Fsp3) is 0.200. The molecule has 0 saturated carbocycles. The van der Waals surface area contributed by atoms with Crippen molar-refractivity contribution >= 4 is 29.1 Å². The predicted molar refractivity (Wildman–Crippen MR) is 85.5 cm³/mol. The number of nitrogens with zero attached hydrogens (tertiary/aromatic N) is 4. The molecular formula is C15H15N5OS. The Kier molecular flexibility index (Phi) is 4.55. The highest BCUT2D eigenvalue weighted by Gasteiger charge is 2.00. The van der Waals surface area contributed by atoms with Crippen molar-refractivity contribution < 1.29 is 4.79 Å². The number of fused-ring (bicyclic) bond motifs is 1. The molecule has 0 aliphatic carbocycles. The second-order valence-corrected chi connectivity index (χ2v) is 5.69. The normalized spacial score (nSPS) is 11.3. The van der Waals surface area contributed by atoms with Crippen LogP contribution in [-0.2, 0) is 11.2 Å². The van der Waals surface area contributed by atoms with Crippen LogP contribution in [0.3, 0.4) is 0 Å². The SMILES string of the molecule is O=C(/C=C/c1cccs1)NCCCc1cnc2ncnn2c1. The minimum atomic E-state index is -0.0711. The van der Waals surface area contributed by atoms with Gasteiger partial charge in [-0.1, -0.05) is 6.07 Å². The third kappa shape index (κ3) is 3.76. The maximum atomic E-state index is 11.7. The third-order valence-corrected chi connectivity index (χ3v) is 3.91. The predicted octanol–water partition coefficient (Wildman–Crippen LogP) is 1.95. The molecule has 0 unspecified atom stereocenters. The molecule has 0 spiro atoms. The van der Waals surface area contributed by atoms with Crippen LogP contribution in [0.1, 0.15) is 16.9 Å². The highest BCUT2D eigenvalue weighted by molar-refractivity contribution is 7.10. The number of aromatic nitrogens is 4. The molecule has 1 amide bonds. The maximum absolute atomic E-state index is 11.7. The van der Waals surface area contributed by atoms with Gasteiger partial charge in [-0.3, -0.25) is 4.79 Å².